The molecule has 11 heteroatoms. The predicted molar refractivity (Wildman–Crippen MR) is 163 cm³/mol. The second-order valence-electron chi connectivity index (χ2n) is 9.17. The third-order valence-corrected chi connectivity index (χ3v) is 8.00. The van der Waals surface area contributed by atoms with E-state index in [9.17, 15) is 0 Å². The maximum Gasteiger partial charge on any atom is 0.141 e. The Morgan fingerprint density at radius 3 is 1.82 bits per heavy atom. The summed E-state index contributed by atoms with van der Waals surface area (Å²) in [6.07, 6.45) is 6.82. The van der Waals surface area contributed by atoms with E-state index in [1.807, 2.05) is 38.1 Å². The number of halogens is 3. The zero-order valence-electron chi connectivity index (χ0n) is 21.8. The molecule has 0 atom stereocenters. The Bertz CT molecular complexity index is 2050. The van der Waals surface area contributed by atoms with Gasteiger partial charge in [0.25, 0.3) is 0 Å². The Hall–Kier alpha value is -3.79. The molecule has 7 aromatic rings. The van der Waals surface area contributed by atoms with Crippen molar-refractivity contribution in [3.8, 4) is 22.6 Å². The largest absolute Gasteiger partial charge is 0.496 e. The lowest BCUT2D eigenvalue weighted by Crippen LogP contribution is -1.90. The van der Waals surface area contributed by atoms with Crippen molar-refractivity contribution < 1.29 is 14.0 Å². The maximum atomic E-state index is 6.31. The highest BCUT2D eigenvalue weighted by Crippen LogP contribution is 2.41. The van der Waals surface area contributed by atoms with Gasteiger partial charge in [-0.3, -0.25) is 9.97 Å². The van der Waals surface area contributed by atoms with E-state index in [1.165, 1.54) is 0 Å². The van der Waals surface area contributed by atoms with Crippen LogP contribution in [0.4, 0.5) is 0 Å². The van der Waals surface area contributed by atoms with Crippen LogP contribution in [0.3, 0.4) is 0 Å². The molecule has 2 N–H and O–H groups in total. The molecule has 5 heterocycles. The van der Waals surface area contributed by atoms with Crippen molar-refractivity contribution in [2.45, 2.75) is 13.8 Å². The van der Waals surface area contributed by atoms with E-state index in [0.29, 0.717) is 10.0 Å². The number of aromatic amines is 2. The molecule has 40 heavy (non-hydrogen) atoms. The van der Waals surface area contributed by atoms with Crippen molar-refractivity contribution in [1.29, 1.82) is 0 Å². The standard InChI is InChI=1S/C17H14ClN3O2.C12H8BrClN2O/c1-8-16(9(2)23-21-8)11-4-13-10(5-15(11)22-3)17-12(18)6-19-7-14(17)20-13;1-17-11-2-6-9(3-7(11)13)16-10-5-15-4-8(14)12(6)10/h4-7,20H,1-3H3;2-5,16H,1H3. The minimum Gasteiger partial charge on any atom is -0.496 e. The highest BCUT2D eigenvalue weighted by molar-refractivity contribution is 9.10. The van der Waals surface area contributed by atoms with Gasteiger partial charge in [0, 0.05) is 50.5 Å². The number of ether oxygens (including phenoxy) is 2. The summed E-state index contributed by atoms with van der Waals surface area (Å²) in [4.78, 5) is 14.8. The Balaban J connectivity index is 0.000000151. The molecule has 2 aromatic carbocycles. The van der Waals surface area contributed by atoms with Gasteiger partial charge in [0.2, 0.25) is 0 Å². The van der Waals surface area contributed by atoms with Crippen LogP contribution >= 0.6 is 39.1 Å². The number of nitrogens with zero attached hydrogens (tertiary/aromatic N) is 3. The van der Waals surface area contributed by atoms with Gasteiger partial charge in [-0.25, -0.2) is 0 Å². The van der Waals surface area contributed by atoms with E-state index in [2.05, 4.69) is 41.0 Å². The highest BCUT2D eigenvalue weighted by atomic mass is 79.9. The van der Waals surface area contributed by atoms with Crippen molar-refractivity contribution in [1.82, 2.24) is 25.1 Å². The Morgan fingerprint density at radius 2 is 1.30 bits per heavy atom. The van der Waals surface area contributed by atoms with Crippen LogP contribution in [0.15, 0.2) is 58.0 Å². The van der Waals surface area contributed by atoms with Crippen molar-refractivity contribution in [2.75, 3.05) is 14.2 Å². The first-order valence-electron chi connectivity index (χ1n) is 12.1. The fraction of sp³-hybridized carbons (Fsp3) is 0.138. The van der Waals surface area contributed by atoms with Gasteiger partial charge >= 0.3 is 0 Å². The normalized spacial score (nSPS) is 11.4. The molecule has 8 nitrogen and oxygen atoms in total. The molecule has 0 fully saturated rings. The van der Waals surface area contributed by atoms with Crippen LogP contribution in [0, 0.1) is 13.8 Å². The number of hydrogen-bond acceptors (Lipinski definition) is 6. The van der Waals surface area contributed by atoms with Crippen LogP contribution in [0.1, 0.15) is 11.5 Å². The number of aromatic nitrogens is 5. The smallest absolute Gasteiger partial charge is 0.141 e. The number of hydrogen-bond donors (Lipinski definition) is 2. The topological polar surface area (TPSA) is 102 Å². The molecule has 0 aliphatic carbocycles. The molecule has 0 bridgehead atoms. The van der Waals surface area contributed by atoms with Gasteiger partial charge in [-0.1, -0.05) is 28.4 Å². The quantitative estimate of drug-likeness (QED) is 0.201. The first kappa shape index (κ1) is 26.4. The zero-order chi connectivity index (χ0) is 28.1. The maximum absolute atomic E-state index is 6.31. The van der Waals surface area contributed by atoms with Crippen LogP contribution in [0.2, 0.25) is 10.0 Å². The molecular weight excluding hydrogens is 617 g/mol. The summed E-state index contributed by atoms with van der Waals surface area (Å²) in [6.45, 7) is 3.81. The summed E-state index contributed by atoms with van der Waals surface area (Å²) in [5, 5.41) is 9.24. The summed E-state index contributed by atoms with van der Waals surface area (Å²) in [7, 11) is 3.30. The fourth-order valence-corrected chi connectivity index (χ4v) is 6.06. The molecule has 0 unspecified atom stereocenters. The second-order valence-corrected chi connectivity index (χ2v) is 10.8. The number of benzene rings is 2. The fourth-order valence-electron chi connectivity index (χ4n) is 5.04. The number of pyridine rings is 2. The second kappa shape index (κ2) is 10.3. The summed E-state index contributed by atoms with van der Waals surface area (Å²) in [5.41, 5.74) is 6.50. The Morgan fingerprint density at radius 1 is 0.750 bits per heavy atom. The highest BCUT2D eigenvalue weighted by Gasteiger charge is 2.19. The Labute approximate surface area is 246 Å². The molecule has 0 radical (unpaired) electrons. The van der Waals surface area contributed by atoms with Gasteiger partial charge < -0.3 is 24.0 Å². The predicted octanol–water partition coefficient (Wildman–Crippen LogP) is 8.79. The van der Waals surface area contributed by atoms with Gasteiger partial charge in [0.1, 0.15) is 17.3 Å². The molecule has 7 rings (SSSR count). The van der Waals surface area contributed by atoms with E-state index >= 15 is 0 Å². The molecular formula is C29H22BrCl2N5O3. The summed E-state index contributed by atoms with van der Waals surface area (Å²) >= 11 is 16.0. The molecule has 0 saturated heterocycles. The molecule has 0 spiro atoms. The lowest BCUT2D eigenvalue weighted by molar-refractivity contribution is 0.393. The SMILES string of the molecule is COc1cc2c(cc1-c1c(C)noc1C)[nH]c1cncc(Cl)c12.COc1cc2c(cc1Br)[nH]c1cncc(Cl)c12. The average molecular weight is 639 g/mol. The van der Waals surface area contributed by atoms with E-state index in [-0.39, 0.29) is 0 Å². The molecule has 202 valence electrons. The van der Waals surface area contributed by atoms with Crippen LogP contribution in [0.25, 0.3) is 54.7 Å². The first-order chi connectivity index (χ1) is 19.3. The molecule has 0 saturated carbocycles. The van der Waals surface area contributed by atoms with Crippen molar-refractivity contribution in [3.05, 3.63) is 75.0 Å². The van der Waals surface area contributed by atoms with Crippen LogP contribution < -0.4 is 9.47 Å². The molecule has 0 aliphatic rings. The summed E-state index contributed by atoms with van der Waals surface area (Å²) < 4.78 is 17.1. The Kier molecular flexibility index (Phi) is 6.82. The van der Waals surface area contributed by atoms with Crippen LogP contribution in [0.5, 0.6) is 11.5 Å². The third kappa shape index (κ3) is 4.34. The lowest BCUT2D eigenvalue weighted by atomic mass is 10.0. The van der Waals surface area contributed by atoms with Gasteiger partial charge in [0.15, 0.2) is 0 Å². The molecule has 5 aromatic heterocycles. The zero-order valence-corrected chi connectivity index (χ0v) is 24.9. The van der Waals surface area contributed by atoms with Gasteiger partial charge in [0.05, 0.1) is 63.4 Å². The number of nitrogens with one attached hydrogen (secondary N) is 2. The number of fused-ring (bicyclic) bond motifs is 6. The summed E-state index contributed by atoms with van der Waals surface area (Å²) in [5.74, 6) is 2.29. The van der Waals surface area contributed by atoms with Crippen molar-refractivity contribution in [2.24, 2.45) is 0 Å². The first-order valence-corrected chi connectivity index (χ1v) is 13.7. The van der Waals surface area contributed by atoms with E-state index in [0.717, 1.165) is 82.2 Å². The van der Waals surface area contributed by atoms with E-state index < -0.39 is 0 Å². The van der Waals surface area contributed by atoms with Crippen molar-refractivity contribution >= 4 is 82.7 Å². The monoisotopic (exact) mass is 637 g/mol. The number of methoxy groups -OCH3 is 2. The number of aryl methyl sites for hydroxylation is 2. The van der Waals surface area contributed by atoms with Gasteiger partial charge in [-0.15, -0.1) is 0 Å². The average Bonchev–Trinajstić information content (AvgIpc) is 3.60. The molecule has 0 aliphatic heterocycles. The van der Waals surface area contributed by atoms with Gasteiger partial charge in [-0.2, -0.15) is 0 Å². The van der Waals surface area contributed by atoms with Crippen LogP contribution in [-0.4, -0.2) is 39.3 Å². The lowest BCUT2D eigenvalue weighted by Gasteiger charge is -2.09. The minimum absolute atomic E-state index is 0.612. The van der Waals surface area contributed by atoms with Crippen LogP contribution in [-0.2, 0) is 0 Å². The van der Waals surface area contributed by atoms with E-state index in [1.54, 1.807) is 39.0 Å². The minimum atomic E-state index is 0.612. The van der Waals surface area contributed by atoms with E-state index in [4.69, 9.17) is 37.2 Å². The summed E-state index contributed by atoms with van der Waals surface area (Å²) in [6, 6.07) is 7.97. The third-order valence-electron chi connectivity index (χ3n) is 6.81. The number of H-pyrrole nitrogens is 2. The van der Waals surface area contributed by atoms with Crippen molar-refractivity contribution in [3.63, 3.8) is 0 Å². The number of rotatable bonds is 3. The molecule has 0 amide bonds. The van der Waals surface area contributed by atoms with Gasteiger partial charge in [-0.05, 0) is 54.0 Å².